The van der Waals surface area contributed by atoms with Crippen molar-refractivity contribution in [2.45, 2.75) is 26.2 Å². The van der Waals surface area contributed by atoms with E-state index in [1.54, 1.807) is 48.5 Å². The molecular weight excluding hydrogens is 480 g/mol. The quantitative estimate of drug-likeness (QED) is 0.190. The lowest BCUT2D eigenvalue weighted by molar-refractivity contribution is -0.131. The highest BCUT2D eigenvalue weighted by molar-refractivity contribution is 5.86. The third kappa shape index (κ3) is 6.70. The molecule has 0 fully saturated rings. The van der Waals surface area contributed by atoms with Crippen LogP contribution in [0.15, 0.2) is 97.1 Å². The van der Waals surface area contributed by atoms with Gasteiger partial charge in [0.25, 0.3) is 0 Å². The minimum Gasteiger partial charge on any atom is -0.457 e. The van der Waals surface area contributed by atoms with E-state index in [2.05, 4.69) is 24.5 Å². The summed E-state index contributed by atoms with van der Waals surface area (Å²) in [6, 6.07) is 29.5. The van der Waals surface area contributed by atoms with E-state index in [1.807, 2.05) is 55.6 Å². The molecule has 0 heterocycles. The van der Waals surface area contributed by atoms with Crippen molar-refractivity contribution in [1.29, 1.82) is 0 Å². The number of nitrogens with one attached hydrogen (secondary N) is 2. The molecule has 0 aliphatic rings. The fraction of sp³-hybridized carbons (Fsp3) is 0.161. The first kappa shape index (κ1) is 26.3. The lowest BCUT2D eigenvalue weighted by Crippen LogP contribution is -2.19. The molecule has 38 heavy (non-hydrogen) atoms. The molecule has 2 N–H and O–H groups in total. The summed E-state index contributed by atoms with van der Waals surface area (Å²) in [7, 11) is 1.86. The molecule has 0 saturated carbocycles. The average molecular weight is 511 g/mol. The summed E-state index contributed by atoms with van der Waals surface area (Å²) in [5, 5.41) is 5.79. The van der Waals surface area contributed by atoms with E-state index in [-0.39, 0.29) is 11.4 Å². The second-order valence-corrected chi connectivity index (χ2v) is 9.18. The average Bonchev–Trinajstić information content (AvgIpc) is 2.90. The fourth-order valence-corrected chi connectivity index (χ4v) is 3.89. The highest BCUT2D eigenvalue weighted by Crippen LogP contribution is 2.33. The molecule has 0 radical (unpaired) electrons. The second-order valence-electron chi connectivity index (χ2n) is 9.18. The maximum atomic E-state index is 12.4. The van der Waals surface area contributed by atoms with Gasteiger partial charge in [0.1, 0.15) is 23.0 Å². The number of amides is 1. The predicted octanol–water partition coefficient (Wildman–Crippen LogP) is 7.38. The molecule has 0 saturated heterocycles. The highest BCUT2D eigenvalue weighted by Gasteiger charge is 2.23. The Morgan fingerprint density at radius 1 is 0.605 bits per heavy atom. The van der Waals surface area contributed by atoms with Crippen LogP contribution in [0.2, 0.25) is 0 Å². The number of hydrogen-bond donors (Lipinski definition) is 2. The summed E-state index contributed by atoms with van der Waals surface area (Å²) in [6.45, 7) is 5.57. The van der Waals surface area contributed by atoms with E-state index in [4.69, 9.17) is 14.2 Å². The predicted molar refractivity (Wildman–Crippen MR) is 148 cm³/mol. The first-order valence-electron chi connectivity index (χ1n) is 12.2. The van der Waals surface area contributed by atoms with Crippen LogP contribution in [0.4, 0.5) is 16.2 Å². The van der Waals surface area contributed by atoms with Gasteiger partial charge in [0.2, 0.25) is 0 Å². The molecule has 4 aromatic carbocycles. The topological polar surface area (TPSA) is 85.9 Å². The second kappa shape index (κ2) is 11.5. The van der Waals surface area contributed by atoms with Crippen LogP contribution in [0.25, 0.3) is 0 Å². The molecule has 0 aliphatic heterocycles. The normalized spacial score (nSPS) is 10.8. The van der Waals surface area contributed by atoms with Gasteiger partial charge >= 0.3 is 12.1 Å². The van der Waals surface area contributed by atoms with Crippen molar-refractivity contribution in [3.8, 4) is 23.0 Å². The van der Waals surface area contributed by atoms with Crippen LogP contribution in [0.3, 0.4) is 0 Å². The molecule has 0 unspecified atom stereocenters. The Bertz CT molecular complexity index is 1380. The fourth-order valence-electron chi connectivity index (χ4n) is 3.89. The van der Waals surface area contributed by atoms with Gasteiger partial charge in [-0.15, -0.1) is 0 Å². The van der Waals surface area contributed by atoms with Gasteiger partial charge in [-0.25, -0.2) is 4.79 Å². The van der Waals surface area contributed by atoms with E-state index in [0.717, 1.165) is 22.6 Å². The molecule has 1 amide bonds. The Kier molecular flexibility index (Phi) is 7.97. The van der Waals surface area contributed by atoms with Crippen molar-refractivity contribution in [3.63, 3.8) is 0 Å². The molecular formula is C31H30N2O5. The number of ether oxygens (including phenoxy) is 3. The number of benzene rings is 4. The third-order valence-electron chi connectivity index (χ3n) is 6.10. The van der Waals surface area contributed by atoms with Crippen molar-refractivity contribution < 1.29 is 23.8 Å². The van der Waals surface area contributed by atoms with Crippen molar-refractivity contribution >= 4 is 23.4 Å². The molecule has 7 nitrogen and oxygen atoms in total. The molecule has 0 atom stereocenters. The van der Waals surface area contributed by atoms with Crippen LogP contribution in [-0.4, -0.2) is 19.1 Å². The van der Waals surface area contributed by atoms with Crippen molar-refractivity contribution in [3.05, 3.63) is 108 Å². The van der Waals surface area contributed by atoms with Crippen LogP contribution in [0.1, 0.15) is 31.9 Å². The van der Waals surface area contributed by atoms with Gasteiger partial charge in [-0.2, -0.15) is 0 Å². The summed E-state index contributed by atoms with van der Waals surface area (Å²) in [6.07, 6.45) is -0.589. The van der Waals surface area contributed by atoms with Gasteiger partial charge < -0.3 is 19.5 Å². The van der Waals surface area contributed by atoms with Crippen molar-refractivity contribution in [2.75, 3.05) is 17.7 Å². The molecule has 0 aliphatic carbocycles. The molecule has 7 heteroatoms. The van der Waals surface area contributed by atoms with Gasteiger partial charge in [0.15, 0.2) is 0 Å². The molecule has 0 spiro atoms. The van der Waals surface area contributed by atoms with Crippen LogP contribution >= 0.6 is 0 Å². The molecule has 4 aromatic rings. The number of anilines is 2. The van der Waals surface area contributed by atoms with E-state index >= 15 is 0 Å². The highest BCUT2D eigenvalue weighted by atomic mass is 16.6. The zero-order chi connectivity index (χ0) is 27.1. The third-order valence-corrected chi connectivity index (χ3v) is 6.10. The summed E-state index contributed by atoms with van der Waals surface area (Å²) < 4.78 is 16.4. The standard InChI is InChI=1S/C31H30N2O5/c1-21(34)36-26-13-5-22(6-14-26)31(2,3)23-7-15-29(16-8-23)38-30(35)33-25-11-19-28(20-12-25)37-27-17-9-24(32-4)10-18-27/h5-20,32H,1-4H3,(H,33,35). The van der Waals surface area contributed by atoms with Gasteiger partial charge in [-0.3, -0.25) is 10.1 Å². The summed E-state index contributed by atoms with van der Waals surface area (Å²) in [5.74, 6) is 1.95. The molecule has 194 valence electrons. The smallest absolute Gasteiger partial charge is 0.417 e. The Hall–Kier alpha value is -4.78. The minimum absolute atomic E-state index is 0.311. The molecule has 0 aromatic heterocycles. The van der Waals surface area contributed by atoms with Gasteiger partial charge in [0, 0.05) is 30.8 Å². The van der Waals surface area contributed by atoms with E-state index in [9.17, 15) is 9.59 Å². The van der Waals surface area contributed by atoms with Gasteiger partial charge in [0.05, 0.1) is 0 Å². The minimum atomic E-state index is -0.589. The first-order chi connectivity index (χ1) is 18.2. The van der Waals surface area contributed by atoms with Crippen molar-refractivity contribution in [1.82, 2.24) is 0 Å². The molecule has 4 rings (SSSR count). The van der Waals surface area contributed by atoms with E-state index in [0.29, 0.717) is 22.9 Å². The van der Waals surface area contributed by atoms with Gasteiger partial charge in [-0.05, 0) is 83.9 Å². The molecule has 0 bridgehead atoms. The first-order valence-corrected chi connectivity index (χ1v) is 12.2. The van der Waals surface area contributed by atoms with Crippen LogP contribution in [-0.2, 0) is 10.2 Å². The zero-order valence-electron chi connectivity index (χ0n) is 21.8. The Balaban J connectivity index is 1.33. The number of carbonyl (C=O) groups excluding carboxylic acids is 2. The zero-order valence-corrected chi connectivity index (χ0v) is 21.8. The lowest BCUT2D eigenvalue weighted by Gasteiger charge is -2.26. The number of hydrogen-bond acceptors (Lipinski definition) is 6. The van der Waals surface area contributed by atoms with E-state index < -0.39 is 6.09 Å². The number of rotatable bonds is 8. The summed E-state index contributed by atoms with van der Waals surface area (Å²) in [4.78, 5) is 23.6. The van der Waals surface area contributed by atoms with Gasteiger partial charge in [-0.1, -0.05) is 38.1 Å². The number of carbonyl (C=O) groups is 2. The monoisotopic (exact) mass is 510 g/mol. The Labute approximate surface area is 222 Å². The summed E-state index contributed by atoms with van der Waals surface area (Å²) in [5.41, 5.74) is 3.38. The summed E-state index contributed by atoms with van der Waals surface area (Å²) >= 11 is 0. The van der Waals surface area contributed by atoms with E-state index in [1.165, 1.54) is 6.92 Å². The Morgan fingerprint density at radius 3 is 1.47 bits per heavy atom. The number of esters is 1. The van der Waals surface area contributed by atoms with Crippen LogP contribution < -0.4 is 24.8 Å². The Morgan fingerprint density at radius 2 is 1.03 bits per heavy atom. The van der Waals surface area contributed by atoms with Crippen LogP contribution in [0.5, 0.6) is 23.0 Å². The largest absolute Gasteiger partial charge is 0.457 e. The SMILES string of the molecule is CNc1ccc(Oc2ccc(NC(=O)Oc3ccc(C(C)(C)c4ccc(OC(C)=O)cc4)cc3)cc2)cc1. The maximum Gasteiger partial charge on any atom is 0.417 e. The lowest BCUT2D eigenvalue weighted by atomic mass is 9.78. The maximum absolute atomic E-state index is 12.4. The van der Waals surface area contributed by atoms with Crippen LogP contribution in [0, 0.1) is 0 Å². The van der Waals surface area contributed by atoms with Crippen molar-refractivity contribution in [2.24, 2.45) is 0 Å².